The van der Waals surface area contributed by atoms with E-state index in [4.69, 9.17) is 14.6 Å². The highest BCUT2D eigenvalue weighted by Crippen LogP contribution is 2.35. The predicted molar refractivity (Wildman–Crippen MR) is 144 cm³/mol. The number of aromatic carboxylic acids is 1. The van der Waals surface area contributed by atoms with Crippen LogP contribution in [0, 0.1) is 0 Å². The monoisotopic (exact) mass is 589 g/mol. The number of nitrogens with one attached hydrogen (secondary N) is 2. The van der Waals surface area contributed by atoms with Gasteiger partial charge in [0, 0.05) is 13.0 Å². The van der Waals surface area contributed by atoms with Gasteiger partial charge in [-0.15, -0.1) is 0 Å². The van der Waals surface area contributed by atoms with Crippen molar-refractivity contribution < 1.29 is 46.5 Å². The zero-order valence-electron chi connectivity index (χ0n) is 22.3. The first kappa shape index (κ1) is 30.3. The van der Waals surface area contributed by atoms with E-state index in [0.29, 0.717) is 18.4 Å². The highest BCUT2D eigenvalue weighted by molar-refractivity contribution is 6.01. The fourth-order valence-electron chi connectivity index (χ4n) is 4.62. The number of Topliss-reactive ketones (excluding diaryl/α,β-unsaturated/α-hetero) is 1. The van der Waals surface area contributed by atoms with Gasteiger partial charge in [0.05, 0.1) is 35.7 Å². The van der Waals surface area contributed by atoms with Gasteiger partial charge in [0.2, 0.25) is 0 Å². The molecule has 13 heteroatoms. The minimum Gasteiger partial charge on any atom is -0.495 e. The third kappa shape index (κ3) is 7.35. The first-order valence-corrected chi connectivity index (χ1v) is 12.8. The lowest BCUT2D eigenvalue weighted by Crippen LogP contribution is -2.44. The van der Waals surface area contributed by atoms with Crippen molar-refractivity contribution in [2.75, 3.05) is 24.3 Å². The van der Waals surface area contributed by atoms with E-state index in [1.807, 2.05) is 0 Å². The second-order valence-electron chi connectivity index (χ2n) is 9.44. The maximum atomic E-state index is 15.0. The fraction of sp³-hybridized carbons (Fsp3) is 0.276. The zero-order chi connectivity index (χ0) is 30.4. The molecule has 3 N–H and O–H groups in total. The van der Waals surface area contributed by atoms with Gasteiger partial charge in [-0.1, -0.05) is 18.2 Å². The van der Waals surface area contributed by atoms with Crippen LogP contribution in [0.5, 0.6) is 11.5 Å². The molecule has 0 aromatic heterocycles. The Labute approximate surface area is 238 Å². The van der Waals surface area contributed by atoms with E-state index in [2.05, 4.69) is 10.6 Å². The number of hydrogen-bond donors (Lipinski definition) is 3. The molecule has 0 aliphatic carbocycles. The predicted octanol–water partition coefficient (Wildman–Crippen LogP) is 5.96. The number of alkyl halides is 4. The van der Waals surface area contributed by atoms with Crippen LogP contribution in [0.25, 0.3) is 0 Å². The number of urea groups is 1. The molecule has 3 aromatic rings. The highest BCUT2D eigenvalue weighted by atomic mass is 19.4. The summed E-state index contributed by atoms with van der Waals surface area (Å²) in [6.45, 7) is -1.65. The Kier molecular flexibility index (Phi) is 9.31. The van der Waals surface area contributed by atoms with Gasteiger partial charge in [-0.05, 0) is 66.9 Å². The molecule has 0 bridgehead atoms. The number of ether oxygens (including phenoxy) is 2. The van der Waals surface area contributed by atoms with Crippen LogP contribution in [0.2, 0.25) is 0 Å². The first-order chi connectivity index (χ1) is 20.0. The summed E-state index contributed by atoms with van der Waals surface area (Å²) in [6, 6.07) is 12.6. The van der Waals surface area contributed by atoms with Gasteiger partial charge in [-0.3, -0.25) is 4.79 Å². The molecule has 0 saturated carbocycles. The van der Waals surface area contributed by atoms with Gasteiger partial charge in [0.15, 0.2) is 5.78 Å². The highest BCUT2D eigenvalue weighted by Gasteiger charge is 2.37. The summed E-state index contributed by atoms with van der Waals surface area (Å²) < 4.78 is 65.4. The summed E-state index contributed by atoms with van der Waals surface area (Å²) in [5, 5.41) is 13.6. The number of anilines is 2. The Hall–Kier alpha value is -4.65. The maximum Gasteiger partial charge on any atom is 0.418 e. The second-order valence-corrected chi connectivity index (χ2v) is 9.44. The number of rotatable bonds is 10. The van der Waals surface area contributed by atoms with E-state index in [1.54, 1.807) is 6.07 Å². The third-order valence-corrected chi connectivity index (χ3v) is 6.63. The number of methoxy groups -OCH3 is 1. The standard InChI is InChI=1S/C29H27F4N3O6/c1-41-25-16-17(8-13-22(25)35-28(40)34-21-6-3-2-5-20(21)29(31,32)33)15-24(37)23-7-4-14-36(23)27(30)42-19-11-9-18(10-12-19)26(38)39/h2-3,5-6,8-13,16,23,27H,4,7,14-15H2,1H3,(H,38,39)(H2,34,35,40)/t23-,27-/m0/s1. The Morgan fingerprint density at radius 2 is 1.71 bits per heavy atom. The molecule has 0 radical (unpaired) electrons. The summed E-state index contributed by atoms with van der Waals surface area (Å²) in [4.78, 5) is 37.9. The molecule has 9 nitrogen and oxygen atoms in total. The number of ketones is 1. The number of hydrogen-bond acceptors (Lipinski definition) is 6. The van der Waals surface area contributed by atoms with Crippen molar-refractivity contribution in [1.29, 1.82) is 0 Å². The zero-order valence-corrected chi connectivity index (χ0v) is 22.3. The molecular formula is C29H27F4N3O6. The topological polar surface area (TPSA) is 117 Å². The molecule has 1 fully saturated rings. The second kappa shape index (κ2) is 12.9. The van der Waals surface area contributed by atoms with E-state index in [-0.39, 0.29) is 41.5 Å². The smallest absolute Gasteiger partial charge is 0.418 e. The summed E-state index contributed by atoms with van der Waals surface area (Å²) in [5.41, 5.74) is -0.728. The van der Waals surface area contributed by atoms with Crippen LogP contribution < -0.4 is 20.1 Å². The van der Waals surface area contributed by atoms with Crippen molar-refractivity contribution in [2.24, 2.45) is 0 Å². The van der Waals surface area contributed by atoms with Crippen molar-refractivity contribution in [3.8, 4) is 11.5 Å². The molecule has 0 spiro atoms. The molecule has 2 amide bonds. The lowest BCUT2D eigenvalue weighted by Gasteiger charge is -2.27. The molecule has 2 atom stereocenters. The minimum atomic E-state index is -4.66. The number of carbonyl (C=O) groups is 3. The third-order valence-electron chi connectivity index (χ3n) is 6.63. The number of carboxylic acid groups (broad SMARTS) is 1. The molecule has 3 aromatic carbocycles. The summed E-state index contributed by atoms with van der Waals surface area (Å²) in [5.74, 6) is -1.12. The van der Waals surface area contributed by atoms with E-state index < -0.39 is 42.0 Å². The molecule has 1 aliphatic rings. The van der Waals surface area contributed by atoms with Gasteiger partial charge in [-0.25, -0.2) is 14.5 Å². The average Bonchev–Trinajstić information content (AvgIpc) is 3.44. The molecule has 0 unspecified atom stereocenters. The Morgan fingerprint density at radius 3 is 2.38 bits per heavy atom. The van der Waals surface area contributed by atoms with E-state index in [0.717, 1.165) is 12.1 Å². The van der Waals surface area contributed by atoms with Crippen molar-refractivity contribution in [2.45, 2.75) is 38.0 Å². The van der Waals surface area contributed by atoms with Gasteiger partial charge in [-0.2, -0.15) is 17.6 Å². The van der Waals surface area contributed by atoms with Crippen LogP contribution in [0.1, 0.15) is 34.3 Å². The SMILES string of the molecule is COc1cc(CC(=O)[C@@H]2CCCN2[C@H](F)Oc2ccc(C(=O)O)cc2)ccc1NC(=O)Nc1ccccc1C(F)(F)F. The van der Waals surface area contributed by atoms with E-state index in [9.17, 15) is 27.6 Å². The van der Waals surface area contributed by atoms with E-state index >= 15 is 4.39 Å². The molecule has 4 rings (SSSR count). The molecule has 1 heterocycles. The first-order valence-electron chi connectivity index (χ1n) is 12.8. The number of nitrogens with zero attached hydrogens (tertiary/aromatic N) is 1. The number of carbonyl (C=O) groups excluding carboxylic acids is 2. The Balaban J connectivity index is 1.39. The summed E-state index contributed by atoms with van der Waals surface area (Å²) >= 11 is 0. The molecule has 1 saturated heterocycles. The maximum absolute atomic E-state index is 15.0. The van der Waals surface area contributed by atoms with Crippen LogP contribution in [0.3, 0.4) is 0 Å². The number of para-hydroxylation sites is 1. The average molecular weight is 590 g/mol. The molecular weight excluding hydrogens is 562 g/mol. The number of halogens is 4. The van der Waals surface area contributed by atoms with Gasteiger partial charge in [0.25, 0.3) is 6.48 Å². The van der Waals surface area contributed by atoms with Crippen LogP contribution >= 0.6 is 0 Å². The van der Waals surface area contributed by atoms with Crippen molar-refractivity contribution >= 4 is 29.2 Å². The quantitative estimate of drug-likeness (QED) is 0.197. The number of benzene rings is 3. The van der Waals surface area contributed by atoms with Gasteiger partial charge >= 0.3 is 18.2 Å². The van der Waals surface area contributed by atoms with Crippen LogP contribution in [0.4, 0.5) is 33.7 Å². The number of likely N-dealkylation sites (tertiary alicyclic amines) is 1. The van der Waals surface area contributed by atoms with Crippen LogP contribution in [-0.2, 0) is 17.4 Å². The summed E-state index contributed by atoms with van der Waals surface area (Å²) in [6.07, 6.45) is -3.76. The molecule has 42 heavy (non-hydrogen) atoms. The lowest BCUT2D eigenvalue weighted by atomic mass is 10.0. The minimum absolute atomic E-state index is 0.0241. The Morgan fingerprint density at radius 1 is 1.02 bits per heavy atom. The van der Waals surface area contributed by atoms with Crippen molar-refractivity contribution in [1.82, 2.24) is 4.90 Å². The van der Waals surface area contributed by atoms with E-state index in [1.165, 1.54) is 60.5 Å². The van der Waals surface area contributed by atoms with Crippen molar-refractivity contribution in [3.63, 3.8) is 0 Å². The number of carboxylic acids is 1. The van der Waals surface area contributed by atoms with Gasteiger partial charge < -0.3 is 25.2 Å². The van der Waals surface area contributed by atoms with Crippen LogP contribution in [0.15, 0.2) is 66.7 Å². The fourth-order valence-corrected chi connectivity index (χ4v) is 4.62. The van der Waals surface area contributed by atoms with Gasteiger partial charge in [0.1, 0.15) is 11.5 Å². The normalized spacial score (nSPS) is 16.0. The molecule has 1 aliphatic heterocycles. The van der Waals surface area contributed by atoms with Crippen LogP contribution in [-0.4, -0.2) is 54.0 Å². The van der Waals surface area contributed by atoms with Crippen molar-refractivity contribution in [3.05, 3.63) is 83.4 Å². The largest absolute Gasteiger partial charge is 0.495 e. The lowest BCUT2D eigenvalue weighted by molar-refractivity contribution is -0.137. The Bertz CT molecular complexity index is 1450. The number of amides is 2. The summed E-state index contributed by atoms with van der Waals surface area (Å²) in [7, 11) is 1.33. The molecule has 222 valence electrons.